The summed E-state index contributed by atoms with van der Waals surface area (Å²) in [5.74, 6) is 0. The third-order valence-electron chi connectivity index (χ3n) is 3.13. The van der Waals surface area contributed by atoms with Crippen LogP contribution in [-0.4, -0.2) is 17.0 Å². The number of H-pyrrole nitrogens is 1. The molecule has 0 bridgehead atoms. The number of oxazole rings is 1. The van der Waals surface area contributed by atoms with Crippen molar-refractivity contribution in [3.05, 3.63) is 41.9 Å². The van der Waals surface area contributed by atoms with E-state index in [0.29, 0.717) is 0 Å². The maximum atomic E-state index is 5.33. The number of nitrogens with zero attached hydrogens (tertiary/aromatic N) is 1. The second kappa shape index (κ2) is 4.31. The molecule has 0 aliphatic rings. The summed E-state index contributed by atoms with van der Waals surface area (Å²) >= 11 is 0. The molecular weight excluding hydrogens is 226 g/mol. The molecule has 0 aliphatic heterocycles. The topological polar surface area (TPSA) is 53.9 Å². The van der Waals surface area contributed by atoms with E-state index in [4.69, 9.17) is 4.42 Å². The van der Waals surface area contributed by atoms with Crippen molar-refractivity contribution in [2.45, 2.75) is 13.5 Å². The highest BCUT2D eigenvalue weighted by atomic mass is 16.3. The van der Waals surface area contributed by atoms with Gasteiger partial charge in [0.15, 0.2) is 12.0 Å². The van der Waals surface area contributed by atoms with Crippen molar-refractivity contribution in [1.29, 1.82) is 0 Å². The molecular formula is C14H15N3O. The normalized spacial score (nSPS) is 11.2. The third-order valence-corrected chi connectivity index (χ3v) is 3.13. The van der Waals surface area contributed by atoms with Crippen LogP contribution in [0.4, 0.5) is 0 Å². The fourth-order valence-electron chi connectivity index (χ4n) is 2.15. The Balaban J connectivity index is 2.05. The smallest absolute Gasteiger partial charge is 0.181 e. The summed E-state index contributed by atoms with van der Waals surface area (Å²) in [6, 6.07) is 8.21. The molecule has 0 unspecified atom stereocenters. The Morgan fingerprint density at radius 3 is 3.06 bits per heavy atom. The standard InChI is InChI=1S/C14H15N3O/c1-9-11(7-15-2)5-13(17-9)10-3-4-12-14(6-10)18-8-16-12/h3-6,8,15,17H,7H2,1-2H3. The SMILES string of the molecule is CNCc1cc(-c2ccc3ncoc3c2)[nH]c1C. The highest BCUT2D eigenvalue weighted by Crippen LogP contribution is 2.25. The number of nitrogens with one attached hydrogen (secondary N) is 2. The summed E-state index contributed by atoms with van der Waals surface area (Å²) in [7, 11) is 1.95. The van der Waals surface area contributed by atoms with E-state index in [2.05, 4.69) is 34.3 Å². The zero-order chi connectivity index (χ0) is 12.5. The molecule has 2 N–H and O–H groups in total. The monoisotopic (exact) mass is 241 g/mol. The van der Waals surface area contributed by atoms with Crippen LogP contribution in [0.3, 0.4) is 0 Å². The lowest BCUT2D eigenvalue weighted by molar-refractivity contribution is 0.602. The maximum absolute atomic E-state index is 5.33. The minimum atomic E-state index is 0.815. The molecule has 0 aliphatic carbocycles. The number of rotatable bonds is 3. The minimum Gasteiger partial charge on any atom is -0.443 e. The van der Waals surface area contributed by atoms with Gasteiger partial charge in [-0.15, -0.1) is 0 Å². The quantitative estimate of drug-likeness (QED) is 0.741. The molecule has 0 atom stereocenters. The fourth-order valence-corrected chi connectivity index (χ4v) is 2.15. The first kappa shape index (κ1) is 11.0. The van der Waals surface area contributed by atoms with E-state index >= 15 is 0 Å². The molecule has 4 heteroatoms. The van der Waals surface area contributed by atoms with Crippen LogP contribution in [0, 0.1) is 6.92 Å². The van der Waals surface area contributed by atoms with Gasteiger partial charge < -0.3 is 14.7 Å². The Morgan fingerprint density at radius 1 is 1.33 bits per heavy atom. The second-order valence-corrected chi connectivity index (χ2v) is 4.40. The lowest BCUT2D eigenvalue weighted by Gasteiger charge is -1.97. The number of aryl methyl sites for hydroxylation is 1. The zero-order valence-electron chi connectivity index (χ0n) is 10.4. The molecule has 3 rings (SSSR count). The van der Waals surface area contributed by atoms with Crippen molar-refractivity contribution in [2.24, 2.45) is 0 Å². The second-order valence-electron chi connectivity index (χ2n) is 4.40. The Labute approximate surface area is 105 Å². The lowest BCUT2D eigenvalue weighted by Crippen LogP contribution is -2.04. The number of aromatic amines is 1. The average Bonchev–Trinajstić information content (AvgIpc) is 2.96. The first-order valence-electron chi connectivity index (χ1n) is 5.94. The van der Waals surface area contributed by atoms with Crippen molar-refractivity contribution in [3.63, 3.8) is 0 Å². The van der Waals surface area contributed by atoms with Gasteiger partial charge in [-0.3, -0.25) is 0 Å². The number of benzene rings is 1. The number of aromatic nitrogens is 2. The van der Waals surface area contributed by atoms with E-state index < -0.39 is 0 Å². The van der Waals surface area contributed by atoms with Crippen LogP contribution in [0.25, 0.3) is 22.4 Å². The van der Waals surface area contributed by atoms with Crippen LogP contribution in [-0.2, 0) is 6.54 Å². The lowest BCUT2D eigenvalue weighted by atomic mass is 10.1. The van der Waals surface area contributed by atoms with Gasteiger partial charge in [0, 0.05) is 23.5 Å². The van der Waals surface area contributed by atoms with E-state index in [9.17, 15) is 0 Å². The minimum absolute atomic E-state index is 0.815. The Morgan fingerprint density at radius 2 is 2.22 bits per heavy atom. The Kier molecular flexibility index (Phi) is 2.64. The molecule has 3 aromatic rings. The molecule has 1 aromatic carbocycles. The average molecular weight is 241 g/mol. The third kappa shape index (κ3) is 1.80. The van der Waals surface area contributed by atoms with Gasteiger partial charge >= 0.3 is 0 Å². The van der Waals surface area contributed by atoms with Crippen LogP contribution >= 0.6 is 0 Å². The molecule has 0 saturated carbocycles. The van der Waals surface area contributed by atoms with E-state index in [0.717, 1.165) is 28.9 Å². The van der Waals surface area contributed by atoms with Crippen LogP contribution in [0.15, 0.2) is 35.1 Å². The summed E-state index contributed by atoms with van der Waals surface area (Å²) in [6.07, 6.45) is 1.47. The van der Waals surface area contributed by atoms with Crippen LogP contribution in [0.1, 0.15) is 11.3 Å². The summed E-state index contributed by atoms with van der Waals surface area (Å²) in [5.41, 5.74) is 6.40. The van der Waals surface area contributed by atoms with Crippen molar-refractivity contribution in [2.75, 3.05) is 7.05 Å². The molecule has 4 nitrogen and oxygen atoms in total. The van der Waals surface area contributed by atoms with Gasteiger partial charge in [0.2, 0.25) is 0 Å². The molecule has 18 heavy (non-hydrogen) atoms. The Hall–Kier alpha value is -2.07. The molecule has 0 fully saturated rings. The van der Waals surface area contributed by atoms with Crippen LogP contribution in [0.5, 0.6) is 0 Å². The van der Waals surface area contributed by atoms with Crippen LogP contribution in [0.2, 0.25) is 0 Å². The van der Waals surface area contributed by atoms with E-state index in [1.807, 2.05) is 19.2 Å². The summed E-state index contributed by atoms with van der Waals surface area (Å²) in [5, 5.41) is 3.17. The molecule has 0 radical (unpaired) electrons. The van der Waals surface area contributed by atoms with Crippen molar-refractivity contribution < 1.29 is 4.42 Å². The van der Waals surface area contributed by atoms with Gasteiger partial charge in [-0.05, 0) is 37.7 Å². The predicted octanol–water partition coefficient (Wildman–Crippen LogP) is 2.85. The fraction of sp³-hybridized carbons (Fsp3) is 0.214. The molecule has 92 valence electrons. The largest absolute Gasteiger partial charge is 0.443 e. The van der Waals surface area contributed by atoms with E-state index in [-0.39, 0.29) is 0 Å². The first-order valence-corrected chi connectivity index (χ1v) is 5.94. The Bertz CT molecular complexity index is 681. The van der Waals surface area contributed by atoms with Crippen LogP contribution < -0.4 is 5.32 Å². The van der Waals surface area contributed by atoms with Crippen molar-refractivity contribution >= 4 is 11.1 Å². The maximum Gasteiger partial charge on any atom is 0.181 e. The molecule has 0 spiro atoms. The van der Waals surface area contributed by atoms with Gasteiger partial charge in [0.05, 0.1) is 0 Å². The van der Waals surface area contributed by atoms with Gasteiger partial charge in [-0.2, -0.15) is 0 Å². The summed E-state index contributed by atoms with van der Waals surface area (Å²) in [6.45, 7) is 2.95. The van der Waals surface area contributed by atoms with Crippen molar-refractivity contribution in [1.82, 2.24) is 15.3 Å². The number of hydrogen-bond acceptors (Lipinski definition) is 3. The molecule has 2 aromatic heterocycles. The highest BCUT2D eigenvalue weighted by Gasteiger charge is 2.07. The number of hydrogen-bond donors (Lipinski definition) is 2. The first-order chi connectivity index (χ1) is 8.78. The number of fused-ring (bicyclic) bond motifs is 1. The molecule has 2 heterocycles. The summed E-state index contributed by atoms with van der Waals surface area (Å²) < 4.78 is 5.33. The van der Waals surface area contributed by atoms with Gasteiger partial charge in [-0.25, -0.2) is 4.98 Å². The predicted molar refractivity (Wildman–Crippen MR) is 71.3 cm³/mol. The molecule has 0 amide bonds. The molecule has 0 saturated heterocycles. The van der Waals surface area contributed by atoms with E-state index in [1.165, 1.54) is 17.7 Å². The summed E-state index contributed by atoms with van der Waals surface area (Å²) in [4.78, 5) is 7.52. The van der Waals surface area contributed by atoms with Crippen molar-refractivity contribution in [3.8, 4) is 11.3 Å². The zero-order valence-corrected chi connectivity index (χ0v) is 10.4. The van der Waals surface area contributed by atoms with Gasteiger partial charge in [0.25, 0.3) is 0 Å². The van der Waals surface area contributed by atoms with Gasteiger partial charge in [0.1, 0.15) is 5.52 Å². The van der Waals surface area contributed by atoms with Gasteiger partial charge in [-0.1, -0.05) is 6.07 Å². The van der Waals surface area contributed by atoms with E-state index in [1.54, 1.807) is 0 Å². The highest BCUT2D eigenvalue weighted by molar-refractivity contribution is 5.79.